The predicted molar refractivity (Wildman–Crippen MR) is 79.1 cm³/mol. The summed E-state index contributed by atoms with van der Waals surface area (Å²) in [7, 11) is 3.19. The summed E-state index contributed by atoms with van der Waals surface area (Å²) in [4.78, 5) is 12.8. The molecular weight excluding hydrogens is 276 g/mol. The highest BCUT2D eigenvalue weighted by Crippen LogP contribution is 2.48. The third-order valence-corrected chi connectivity index (χ3v) is 4.81. The summed E-state index contributed by atoms with van der Waals surface area (Å²) in [6.45, 7) is 0. The minimum absolute atomic E-state index is 0.652. The van der Waals surface area contributed by atoms with Crippen molar-refractivity contribution in [2.24, 2.45) is 0 Å². The minimum atomic E-state index is -0.843. The van der Waals surface area contributed by atoms with E-state index >= 15 is 0 Å². The van der Waals surface area contributed by atoms with Crippen LogP contribution in [0.5, 0.6) is 11.5 Å². The molecule has 1 aliphatic rings. The maximum Gasteiger partial charge on any atom is 0.314 e. The maximum absolute atomic E-state index is 11.9. The third-order valence-electron chi connectivity index (χ3n) is 4.07. The molecule has 0 atom stereocenters. The van der Waals surface area contributed by atoms with Crippen LogP contribution < -0.4 is 9.47 Å². The number of carboxylic acid groups (broad SMARTS) is 1. The van der Waals surface area contributed by atoms with Gasteiger partial charge in [0.1, 0.15) is 11.5 Å². The molecule has 5 heteroatoms. The molecule has 0 aliphatic heterocycles. The van der Waals surface area contributed by atoms with Gasteiger partial charge in [0.15, 0.2) is 0 Å². The lowest BCUT2D eigenvalue weighted by Crippen LogP contribution is -2.33. The van der Waals surface area contributed by atoms with E-state index in [1.165, 1.54) is 11.8 Å². The van der Waals surface area contributed by atoms with E-state index in [0.29, 0.717) is 24.3 Å². The number of carbonyl (C=O) groups is 1. The van der Waals surface area contributed by atoms with Gasteiger partial charge in [0.2, 0.25) is 0 Å². The van der Waals surface area contributed by atoms with Gasteiger partial charge in [-0.2, -0.15) is 0 Å². The Labute approximate surface area is 123 Å². The summed E-state index contributed by atoms with van der Waals surface area (Å²) < 4.78 is 10.8. The van der Waals surface area contributed by atoms with Crippen LogP contribution in [-0.4, -0.2) is 31.6 Å². The third kappa shape index (κ3) is 2.35. The molecule has 0 amide bonds. The molecule has 1 fully saturated rings. The first-order chi connectivity index (χ1) is 9.58. The fourth-order valence-corrected chi connectivity index (χ4v) is 3.60. The Hall–Kier alpha value is -1.36. The first-order valence-corrected chi connectivity index (χ1v) is 7.85. The smallest absolute Gasteiger partial charge is 0.314 e. The van der Waals surface area contributed by atoms with Crippen LogP contribution in [0.2, 0.25) is 0 Å². The van der Waals surface area contributed by atoms with E-state index in [-0.39, 0.29) is 0 Å². The molecule has 0 spiro atoms. The molecule has 0 saturated heterocycles. The molecule has 0 bridgehead atoms. The normalized spacial score (nSPS) is 16.9. The number of carboxylic acids is 1. The van der Waals surface area contributed by atoms with Crippen molar-refractivity contribution in [1.29, 1.82) is 0 Å². The van der Waals surface area contributed by atoms with E-state index in [4.69, 9.17) is 9.47 Å². The van der Waals surface area contributed by atoms with Crippen LogP contribution >= 0.6 is 11.8 Å². The Morgan fingerprint density at radius 2 is 1.90 bits per heavy atom. The van der Waals surface area contributed by atoms with Crippen molar-refractivity contribution in [2.75, 3.05) is 20.5 Å². The zero-order chi connectivity index (χ0) is 14.8. The van der Waals surface area contributed by atoms with Crippen LogP contribution in [0.4, 0.5) is 0 Å². The van der Waals surface area contributed by atoms with Crippen molar-refractivity contribution in [1.82, 2.24) is 0 Å². The summed E-state index contributed by atoms with van der Waals surface area (Å²) in [5.41, 5.74) is -0.0987. The summed E-state index contributed by atoms with van der Waals surface area (Å²) in [6, 6.07) is 3.70. The molecule has 1 N–H and O–H groups in total. The van der Waals surface area contributed by atoms with Gasteiger partial charge in [0.05, 0.1) is 24.5 Å². The number of aliphatic carboxylic acids is 1. The summed E-state index contributed by atoms with van der Waals surface area (Å²) >= 11 is 1.53. The minimum Gasteiger partial charge on any atom is -0.497 e. The van der Waals surface area contributed by atoms with Gasteiger partial charge in [0, 0.05) is 5.56 Å². The second kappa shape index (κ2) is 5.95. The maximum atomic E-state index is 11.9. The molecular formula is C15H20O4S. The lowest BCUT2D eigenvalue weighted by molar-refractivity contribution is -0.143. The molecule has 2 rings (SSSR count). The Kier molecular flexibility index (Phi) is 4.48. The lowest BCUT2D eigenvalue weighted by Gasteiger charge is -2.27. The van der Waals surface area contributed by atoms with E-state index in [1.54, 1.807) is 14.2 Å². The number of ether oxygens (including phenoxy) is 2. The van der Waals surface area contributed by atoms with Crippen molar-refractivity contribution >= 4 is 17.7 Å². The van der Waals surface area contributed by atoms with Crippen molar-refractivity contribution in [2.45, 2.75) is 36.0 Å². The number of methoxy groups -OCH3 is 2. The molecule has 1 aromatic carbocycles. The fourth-order valence-electron chi connectivity index (χ4n) is 2.99. The number of thioether (sulfide) groups is 1. The van der Waals surface area contributed by atoms with Crippen LogP contribution in [0.25, 0.3) is 0 Å². The zero-order valence-corrected chi connectivity index (χ0v) is 12.9. The average molecular weight is 296 g/mol. The highest BCUT2D eigenvalue weighted by atomic mass is 32.2. The first kappa shape index (κ1) is 15.0. The van der Waals surface area contributed by atoms with E-state index < -0.39 is 11.4 Å². The molecule has 0 heterocycles. The number of hydrogen-bond donors (Lipinski definition) is 1. The first-order valence-electron chi connectivity index (χ1n) is 6.63. The Bertz CT molecular complexity index is 507. The number of benzene rings is 1. The van der Waals surface area contributed by atoms with E-state index in [1.807, 2.05) is 18.4 Å². The Morgan fingerprint density at radius 3 is 2.35 bits per heavy atom. The summed E-state index contributed by atoms with van der Waals surface area (Å²) in [6.07, 6.45) is 5.12. The highest BCUT2D eigenvalue weighted by molar-refractivity contribution is 7.98. The van der Waals surface area contributed by atoms with Crippen LogP contribution in [0.15, 0.2) is 17.0 Å². The molecule has 1 saturated carbocycles. The standard InChI is InChI=1S/C15H20O4S/c1-18-10-8-11(13(19-2)12(9-10)20-3)15(14(16)17)6-4-5-7-15/h8-9H,4-7H2,1-3H3,(H,16,17). The summed E-state index contributed by atoms with van der Waals surface area (Å²) in [5.74, 6) is 0.578. The molecule has 4 nitrogen and oxygen atoms in total. The van der Waals surface area contributed by atoms with Gasteiger partial charge in [-0.15, -0.1) is 11.8 Å². The Morgan fingerprint density at radius 1 is 1.25 bits per heavy atom. The van der Waals surface area contributed by atoms with E-state index in [2.05, 4.69) is 0 Å². The van der Waals surface area contributed by atoms with Crippen molar-refractivity contribution < 1.29 is 19.4 Å². The van der Waals surface area contributed by atoms with Crippen LogP contribution in [0, 0.1) is 0 Å². The SMILES string of the molecule is COc1cc(SC)c(OC)c(C2(C(=O)O)CCCC2)c1. The quantitative estimate of drug-likeness (QED) is 0.845. The highest BCUT2D eigenvalue weighted by Gasteiger charge is 2.45. The van der Waals surface area contributed by atoms with Crippen molar-refractivity contribution in [3.05, 3.63) is 17.7 Å². The predicted octanol–water partition coefficient (Wildman–Crippen LogP) is 3.32. The molecule has 0 radical (unpaired) electrons. The number of rotatable bonds is 5. The van der Waals surface area contributed by atoms with E-state index in [0.717, 1.165) is 23.3 Å². The van der Waals surface area contributed by atoms with Crippen molar-refractivity contribution in [3.8, 4) is 11.5 Å². The molecule has 1 aromatic rings. The van der Waals surface area contributed by atoms with Gasteiger partial charge >= 0.3 is 5.97 Å². The van der Waals surface area contributed by atoms with Crippen LogP contribution in [0.1, 0.15) is 31.2 Å². The van der Waals surface area contributed by atoms with Gasteiger partial charge < -0.3 is 14.6 Å². The lowest BCUT2D eigenvalue weighted by atomic mass is 9.78. The van der Waals surface area contributed by atoms with Gasteiger partial charge in [0.25, 0.3) is 0 Å². The van der Waals surface area contributed by atoms with Crippen LogP contribution in [-0.2, 0) is 10.2 Å². The van der Waals surface area contributed by atoms with Crippen LogP contribution in [0.3, 0.4) is 0 Å². The molecule has 20 heavy (non-hydrogen) atoms. The fraction of sp³-hybridized carbons (Fsp3) is 0.533. The molecule has 0 aromatic heterocycles. The average Bonchev–Trinajstić information content (AvgIpc) is 2.96. The van der Waals surface area contributed by atoms with Gasteiger partial charge in [-0.3, -0.25) is 4.79 Å². The zero-order valence-electron chi connectivity index (χ0n) is 12.1. The van der Waals surface area contributed by atoms with Gasteiger partial charge in [-0.05, 0) is 31.2 Å². The van der Waals surface area contributed by atoms with Crippen molar-refractivity contribution in [3.63, 3.8) is 0 Å². The second-order valence-corrected chi connectivity index (χ2v) is 5.85. The topological polar surface area (TPSA) is 55.8 Å². The molecule has 110 valence electrons. The second-order valence-electron chi connectivity index (χ2n) is 5.00. The summed E-state index contributed by atoms with van der Waals surface area (Å²) in [5, 5.41) is 9.76. The molecule has 1 aliphatic carbocycles. The Balaban J connectivity index is 2.67. The largest absolute Gasteiger partial charge is 0.497 e. The molecule has 0 unspecified atom stereocenters. The van der Waals surface area contributed by atoms with Gasteiger partial charge in [-0.25, -0.2) is 0 Å². The van der Waals surface area contributed by atoms with E-state index in [9.17, 15) is 9.90 Å². The number of hydrogen-bond acceptors (Lipinski definition) is 4. The monoisotopic (exact) mass is 296 g/mol. The van der Waals surface area contributed by atoms with Gasteiger partial charge in [-0.1, -0.05) is 12.8 Å².